The maximum absolute atomic E-state index is 13.4. The summed E-state index contributed by atoms with van der Waals surface area (Å²) in [5.74, 6) is 1.01. The van der Waals surface area contributed by atoms with Gasteiger partial charge in [0.25, 0.3) is 0 Å². The lowest BCUT2D eigenvalue weighted by Crippen LogP contribution is -2.25. The van der Waals surface area contributed by atoms with Crippen molar-refractivity contribution in [2.24, 2.45) is 5.73 Å². The van der Waals surface area contributed by atoms with E-state index in [1.807, 2.05) is 30.3 Å². The first-order chi connectivity index (χ1) is 11.7. The summed E-state index contributed by atoms with van der Waals surface area (Å²) in [5, 5.41) is 0. The third-order valence-corrected chi connectivity index (χ3v) is 4.82. The minimum Gasteiger partial charge on any atom is -0.318 e. The topological polar surface area (TPSA) is 43.1 Å². The average Bonchev–Trinajstić information content (AvgIpc) is 2.59. The maximum Gasteiger partial charge on any atom is 0.184 e. The number of ketones is 1. The third-order valence-electron chi connectivity index (χ3n) is 4.82. The van der Waals surface area contributed by atoms with E-state index in [1.165, 1.54) is 5.56 Å². The van der Waals surface area contributed by atoms with E-state index in [0.29, 0.717) is 5.92 Å². The van der Waals surface area contributed by atoms with Gasteiger partial charge in [0.2, 0.25) is 0 Å². The van der Waals surface area contributed by atoms with Gasteiger partial charge in [0.15, 0.2) is 5.78 Å². The molecule has 2 rings (SSSR count). The van der Waals surface area contributed by atoms with Gasteiger partial charge in [-0.3, -0.25) is 4.79 Å². The number of nitrogens with two attached hydrogens (primary N) is 1. The largest absolute Gasteiger partial charge is 0.318 e. The summed E-state index contributed by atoms with van der Waals surface area (Å²) < 4.78 is 0. The van der Waals surface area contributed by atoms with Crippen molar-refractivity contribution in [1.29, 1.82) is 0 Å². The fourth-order valence-corrected chi connectivity index (χ4v) is 3.21. The van der Waals surface area contributed by atoms with Crippen molar-refractivity contribution < 1.29 is 4.79 Å². The van der Waals surface area contributed by atoms with Crippen LogP contribution in [0.25, 0.3) is 0 Å². The molecule has 0 aliphatic carbocycles. The molecular weight excluding hydrogens is 306 g/mol. The minimum atomic E-state index is -0.624. The standard InChI is InChI=1S/C23H31NO/c1-14(2)18-12-19(15(3)4)21(20(13-18)16(5)6)23(25)22(24)17-10-8-7-9-11-17/h7-16,22H,24H2,1-6H3. The Kier molecular flexibility index (Phi) is 6.18. The molecule has 1 atom stereocenters. The van der Waals surface area contributed by atoms with Crippen LogP contribution in [0.5, 0.6) is 0 Å². The Morgan fingerprint density at radius 2 is 1.24 bits per heavy atom. The van der Waals surface area contributed by atoms with Gasteiger partial charge < -0.3 is 5.73 Å². The molecule has 0 saturated carbocycles. The summed E-state index contributed by atoms with van der Waals surface area (Å²) in [6.07, 6.45) is 0. The molecule has 0 aromatic heterocycles. The van der Waals surface area contributed by atoms with E-state index in [0.717, 1.165) is 22.3 Å². The minimum absolute atomic E-state index is 0.0221. The van der Waals surface area contributed by atoms with E-state index in [1.54, 1.807) is 0 Å². The number of rotatable bonds is 6. The van der Waals surface area contributed by atoms with Crippen LogP contribution in [0.2, 0.25) is 0 Å². The van der Waals surface area contributed by atoms with Crippen LogP contribution < -0.4 is 5.73 Å². The van der Waals surface area contributed by atoms with Gasteiger partial charge in [-0.05, 0) is 40.0 Å². The Bertz CT molecular complexity index is 700. The zero-order valence-electron chi connectivity index (χ0n) is 16.3. The predicted molar refractivity (Wildman–Crippen MR) is 106 cm³/mol. The average molecular weight is 338 g/mol. The van der Waals surface area contributed by atoms with Crippen LogP contribution in [-0.2, 0) is 0 Å². The number of Topliss-reactive ketones (excluding diaryl/α,β-unsaturated/α-hetero) is 1. The lowest BCUT2D eigenvalue weighted by atomic mass is 9.81. The summed E-state index contributed by atoms with van der Waals surface area (Å²) >= 11 is 0. The van der Waals surface area contributed by atoms with Gasteiger partial charge in [0.1, 0.15) is 0 Å². The first kappa shape index (κ1) is 19.4. The number of hydrogen-bond acceptors (Lipinski definition) is 2. The number of benzene rings is 2. The van der Waals surface area contributed by atoms with Gasteiger partial charge in [0, 0.05) is 5.56 Å². The first-order valence-corrected chi connectivity index (χ1v) is 9.26. The SMILES string of the molecule is CC(C)c1cc(C(C)C)c(C(=O)C(N)c2ccccc2)c(C(C)C)c1. The fourth-order valence-electron chi connectivity index (χ4n) is 3.21. The summed E-state index contributed by atoms with van der Waals surface area (Å²) in [5.41, 5.74) is 11.6. The molecule has 0 aliphatic heterocycles. The molecule has 0 heterocycles. The summed E-state index contributed by atoms with van der Waals surface area (Å²) in [6, 6.07) is 13.4. The Balaban J connectivity index is 2.63. The Morgan fingerprint density at radius 1 is 0.760 bits per heavy atom. The molecule has 0 radical (unpaired) electrons. The van der Waals surface area contributed by atoms with E-state index in [9.17, 15) is 4.79 Å². The van der Waals surface area contributed by atoms with Gasteiger partial charge in [-0.1, -0.05) is 84.0 Å². The molecule has 0 spiro atoms. The highest BCUT2D eigenvalue weighted by atomic mass is 16.1. The van der Waals surface area contributed by atoms with Gasteiger partial charge in [-0.2, -0.15) is 0 Å². The summed E-state index contributed by atoms with van der Waals surface area (Å²) in [4.78, 5) is 13.4. The molecule has 0 aliphatic rings. The normalized spacial score (nSPS) is 12.9. The van der Waals surface area contributed by atoms with Crippen molar-refractivity contribution in [3.63, 3.8) is 0 Å². The van der Waals surface area contributed by atoms with Crippen LogP contribution in [0.4, 0.5) is 0 Å². The number of hydrogen-bond donors (Lipinski definition) is 1. The second-order valence-electron chi connectivity index (χ2n) is 7.79. The molecule has 134 valence electrons. The van der Waals surface area contributed by atoms with E-state index in [4.69, 9.17) is 5.73 Å². The zero-order chi connectivity index (χ0) is 18.7. The smallest absolute Gasteiger partial charge is 0.184 e. The Hall–Kier alpha value is -1.93. The molecule has 0 amide bonds. The highest BCUT2D eigenvalue weighted by Gasteiger charge is 2.26. The van der Waals surface area contributed by atoms with Gasteiger partial charge in [-0.15, -0.1) is 0 Å². The van der Waals surface area contributed by atoms with E-state index in [-0.39, 0.29) is 17.6 Å². The maximum atomic E-state index is 13.4. The monoisotopic (exact) mass is 337 g/mol. The van der Waals surface area contributed by atoms with Crippen molar-refractivity contribution >= 4 is 5.78 Å². The molecule has 2 heteroatoms. The van der Waals surface area contributed by atoms with Gasteiger partial charge in [-0.25, -0.2) is 0 Å². The molecule has 0 bridgehead atoms. The predicted octanol–water partition coefficient (Wildman–Crippen LogP) is 5.94. The molecular formula is C23H31NO. The number of carbonyl (C=O) groups is 1. The van der Waals surface area contributed by atoms with Crippen LogP contribution in [0.1, 0.15) is 97.9 Å². The lowest BCUT2D eigenvalue weighted by Gasteiger charge is -2.24. The van der Waals surface area contributed by atoms with Crippen LogP contribution in [0.3, 0.4) is 0 Å². The lowest BCUT2D eigenvalue weighted by molar-refractivity contribution is 0.0958. The molecule has 2 aromatic rings. The zero-order valence-corrected chi connectivity index (χ0v) is 16.3. The summed E-state index contributed by atoms with van der Waals surface area (Å²) in [7, 11) is 0. The van der Waals surface area contributed by atoms with Crippen molar-refractivity contribution in [2.75, 3.05) is 0 Å². The molecule has 2 N–H and O–H groups in total. The molecule has 25 heavy (non-hydrogen) atoms. The molecule has 1 unspecified atom stereocenters. The highest BCUT2D eigenvalue weighted by Crippen LogP contribution is 2.34. The van der Waals surface area contributed by atoms with Crippen LogP contribution in [-0.4, -0.2) is 5.78 Å². The highest BCUT2D eigenvalue weighted by molar-refractivity contribution is 6.03. The second kappa shape index (κ2) is 7.97. The van der Waals surface area contributed by atoms with Crippen molar-refractivity contribution in [1.82, 2.24) is 0 Å². The van der Waals surface area contributed by atoms with E-state index in [2.05, 4.69) is 53.7 Å². The van der Waals surface area contributed by atoms with Gasteiger partial charge >= 0.3 is 0 Å². The quantitative estimate of drug-likeness (QED) is 0.663. The molecule has 2 aromatic carbocycles. The molecule has 0 saturated heterocycles. The van der Waals surface area contributed by atoms with Gasteiger partial charge in [0.05, 0.1) is 6.04 Å². The molecule has 0 fully saturated rings. The Morgan fingerprint density at radius 3 is 1.64 bits per heavy atom. The first-order valence-electron chi connectivity index (χ1n) is 9.26. The van der Waals surface area contributed by atoms with Crippen molar-refractivity contribution in [2.45, 2.75) is 65.3 Å². The van der Waals surface area contributed by atoms with Crippen molar-refractivity contribution in [3.05, 3.63) is 70.3 Å². The number of carbonyl (C=O) groups excluding carboxylic acids is 1. The summed E-state index contributed by atoms with van der Waals surface area (Å²) in [6.45, 7) is 13.0. The third kappa shape index (κ3) is 4.19. The molecule has 2 nitrogen and oxygen atoms in total. The van der Waals surface area contributed by atoms with Crippen LogP contribution >= 0.6 is 0 Å². The van der Waals surface area contributed by atoms with Crippen molar-refractivity contribution in [3.8, 4) is 0 Å². The van der Waals surface area contributed by atoms with Crippen LogP contribution in [0.15, 0.2) is 42.5 Å². The second-order valence-corrected chi connectivity index (χ2v) is 7.79. The van der Waals surface area contributed by atoms with E-state index < -0.39 is 6.04 Å². The van der Waals surface area contributed by atoms with E-state index >= 15 is 0 Å². The fraction of sp³-hybridized carbons (Fsp3) is 0.435. The van der Waals surface area contributed by atoms with Crippen LogP contribution in [0, 0.1) is 0 Å². The Labute approximate surface area is 152 Å².